The number of rotatable bonds is 5. The first-order chi connectivity index (χ1) is 13.8. The molecule has 2 heterocycles. The van der Waals surface area contributed by atoms with Gasteiger partial charge in [-0.05, 0) is 30.3 Å². The minimum Gasteiger partial charge on any atom is -0.451 e. The molecular formula is C19H20F3N3O4. The van der Waals surface area contributed by atoms with Crippen LogP contribution in [-0.4, -0.2) is 49.4 Å². The van der Waals surface area contributed by atoms with E-state index in [2.05, 4.69) is 5.32 Å². The maximum Gasteiger partial charge on any atom is 0.416 e. The highest BCUT2D eigenvalue weighted by molar-refractivity contribution is 5.97. The van der Waals surface area contributed by atoms with Gasteiger partial charge in [-0.25, -0.2) is 4.79 Å². The molecule has 1 amide bonds. The molecule has 0 unspecified atom stereocenters. The van der Waals surface area contributed by atoms with Crippen molar-refractivity contribution in [2.45, 2.75) is 6.18 Å². The first-order valence-electron chi connectivity index (χ1n) is 8.88. The highest BCUT2D eigenvalue weighted by Crippen LogP contribution is 2.35. The van der Waals surface area contributed by atoms with E-state index in [9.17, 15) is 22.8 Å². The molecule has 1 fully saturated rings. The van der Waals surface area contributed by atoms with Crippen molar-refractivity contribution in [2.75, 3.05) is 43.1 Å². The van der Waals surface area contributed by atoms with E-state index in [1.54, 1.807) is 19.3 Å². The number of carbonyl (C=O) groups is 2. The van der Waals surface area contributed by atoms with Crippen LogP contribution in [0.1, 0.15) is 16.1 Å². The zero-order valence-electron chi connectivity index (χ0n) is 15.7. The van der Waals surface area contributed by atoms with Gasteiger partial charge < -0.3 is 24.3 Å². The topological polar surface area (TPSA) is 72.8 Å². The number of anilines is 2. The van der Waals surface area contributed by atoms with Crippen LogP contribution >= 0.6 is 0 Å². The Labute approximate surface area is 165 Å². The lowest BCUT2D eigenvalue weighted by Crippen LogP contribution is -2.37. The number of ether oxygens (including phenoxy) is 2. The van der Waals surface area contributed by atoms with Crippen molar-refractivity contribution in [1.29, 1.82) is 0 Å². The van der Waals surface area contributed by atoms with E-state index in [1.165, 1.54) is 16.7 Å². The molecule has 2 aromatic rings. The number of hydrogen-bond donors (Lipinski definition) is 1. The summed E-state index contributed by atoms with van der Waals surface area (Å²) in [5, 5.41) is 2.43. The molecule has 0 spiro atoms. The maximum absolute atomic E-state index is 13.1. The smallest absolute Gasteiger partial charge is 0.416 e. The third-order valence-electron chi connectivity index (χ3n) is 4.44. The van der Waals surface area contributed by atoms with Crippen molar-refractivity contribution in [3.8, 4) is 0 Å². The Bertz CT molecular complexity index is 889. The normalized spacial score (nSPS) is 14.6. The predicted molar refractivity (Wildman–Crippen MR) is 98.8 cm³/mol. The average molecular weight is 411 g/mol. The van der Waals surface area contributed by atoms with Crippen LogP contribution in [-0.2, 0) is 27.5 Å². The van der Waals surface area contributed by atoms with E-state index in [0.29, 0.717) is 32.0 Å². The van der Waals surface area contributed by atoms with Crippen LogP contribution in [0.25, 0.3) is 0 Å². The van der Waals surface area contributed by atoms with E-state index in [1.807, 2.05) is 4.90 Å². The summed E-state index contributed by atoms with van der Waals surface area (Å²) in [6, 6.07) is 6.34. The third-order valence-corrected chi connectivity index (χ3v) is 4.44. The lowest BCUT2D eigenvalue weighted by atomic mass is 10.1. The Morgan fingerprint density at radius 3 is 2.55 bits per heavy atom. The van der Waals surface area contributed by atoms with E-state index in [0.717, 1.165) is 12.1 Å². The number of benzene rings is 1. The molecule has 1 aromatic carbocycles. The van der Waals surface area contributed by atoms with Crippen LogP contribution in [0, 0.1) is 0 Å². The summed E-state index contributed by atoms with van der Waals surface area (Å²) >= 11 is 0. The van der Waals surface area contributed by atoms with Crippen LogP contribution in [0.5, 0.6) is 0 Å². The largest absolute Gasteiger partial charge is 0.451 e. The Balaban J connectivity index is 1.73. The number of aryl methyl sites for hydroxylation is 1. The zero-order valence-corrected chi connectivity index (χ0v) is 15.7. The number of amides is 1. The van der Waals surface area contributed by atoms with Crippen LogP contribution in [0.4, 0.5) is 24.5 Å². The lowest BCUT2D eigenvalue weighted by molar-refractivity contribution is -0.137. The van der Waals surface area contributed by atoms with Gasteiger partial charge in [0.2, 0.25) is 0 Å². The molecule has 1 N–H and O–H groups in total. The molecule has 29 heavy (non-hydrogen) atoms. The summed E-state index contributed by atoms with van der Waals surface area (Å²) in [5.41, 5.74) is -0.179. The molecule has 156 valence electrons. The molecule has 1 aliphatic heterocycles. The van der Waals surface area contributed by atoms with Crippen molar-refractivity contribution in [2.24, 2.45) is 7.05 Å². The fraction of sp³-hybridized carbons (Fsp3) is 0.368. The standard InChI is InChI=1S/C19H20F3N3O4/c1-24-6-2-3-16(24)18(27)29-12-17(26)23-14-11-13(19(20,21)22)4-5-15(14)25-7-9-28-10-8-25/h2-6,11H,7-10,12H2,1H3,(H,23,26). The van der Waals surface area contributed by atoms with Gasteiger partial charge in [0.15, 0.2) is 6.61 Å². The van der Waals surface area contributed by atoms with Gasteiger partial charge in [0.1, 0.15) is 5.69 Å². The second-order valence-electron chi connectivity index (χ2n) is 6.46. The first kappa shape index (κ1) is 20.7. The number of hydrogen-bond acceptors (Lipinski definition) is 5. The van der Waals surface area contributed by atoms with Gasteiger partial charge in [0.25, 0.3) is 5.91 Å². The summed E-state index contributed by atoms with van der Waals surface area (Å²) in [5.74, 6) is -1.44. The van der Waals surface area contributed by atoms with Crippen molar-refractivity contribution >= 4 is 23.3 Å². The number of halogens is 3. The molecule has 0 bridgehead atoms. The molecular weight excluding hydrogens is 391 g/mol. The lowest BCUT2D eigenvalue weighted by Gasteiger charge is -2.31. The van der Waals surface area contributed by atoms with Crippen molar-refractivity contribution in [1.82, 2.24) is 4.57 Å². The molecule has 0 atom stereocenters. The Morgan fingerprint density at radius 2 is 1.93 bits per heavy atom. The van der Waals surface area contributed by atoms with Crippen LogP contribution < -0.4 is 10.2 Å². The molecule has 1 saturated heterocycles. The van der Waals surface area contributed by atoms with Crippen LogP contribution in [0.3, 0.4) is 0 Å². The minimum absolute atomic E-state index is 0.00152. The fourth-order valence-corrected chi connectivity index (χ4v) is 2.96. The third kappa shape index (κ3) is 5.08. The summed E-state index contributed by atoms with van der Waals surface area (Å²) in [6.45, 7) is 1.21. The van der Waals surface area contributed by atoms with E-state index >= 15 is 0 Å². The molecule has 0 aliphatic carbocycles. The van der Waals surface area contributed by atoms with E-state index in [-0.39, 0.29) is 11.4 Å². The maximum atomic E-state index is 13.1. The van der Waals surface area contributed by atoms with Gasteiger partial charge in [-0.3, -0.25) is 4.79 Å². The highest BCUT2D eigenvalue weighted by Gasteiger charge is 2.32. The minimum atomic E-state index is -4.55. The van der Waals surface area contributed by atoms with Gasteiger partial charge in [-0.2, -0.15) is 13.2 Å². The number of nitrogens with one attached hydrogen (secondary N) is 1. The Hall–Kier alpha value is -3.01. The summed E-state index contributed by atoms with van der Waals surface area (Å²) in [7, 11) is 1.65. The SMILES string of the molecule is Cn1cccc1C(=O)OCC(=O)Nc1cc(C(F)(F)F)ccc1N1CCOCC1. The van der Waals surface area contributed by atoms with Crippen molar-refractivity contribution < 1.29 is 32.2 Å². The molecule has 1 aliphatic rings. The number of carbonyl (C=O) groups excluding carboxylic acids is 2. The molecule has 7 nitrogen and oxygen atoms in total. The van der Waals surface area contributed by atoms with Crippen molar-refractivity contribution in [3.05, 3.63) is 47.8 Å². The predicted octanol–water partition coefficient (Wildman–Crippen LogP) is 2.68. The second kappa shape index (κ2) is 8.56. The van der Waals surface area contributed by atoms with E-state index in [4.69, 9.17) is 9.47 Å². The van der Waals surface area contributed by atoms with Gasteiger partial charge in [0, 0.05) is 26.3 Å². The average Bonchev–Trinajstić information content (AvgIpc) is 3.12. The summed E-state index contributed by atoms with van der Waals surface area (Å²) < 4.78 is 51.1. The second-order valence-corrected chi connectivity index (χ2v) is 6.46. The number of nitrogens with zero attached hydrogens (tertiary/aromatic N) is 2. The molecule has 0 radical (unpaired) electrons. The molecule has 10 heteroatoms. The zero-order chi connectivity index (χ0) is 21.0. The molecule has 1 aromatic heterocycles. The number of alkyl halides is 3. The molecule has 3 rings (SSSR count). The van der Waals surface area contributed by atoms with Crippen LogP contribution in [0.2, 0.25) is 0 Å². The van der Waals surface area contributed by atoms with Gasteiger partial charge >= 0.3 is 12.1 Å². The van der Waals surface area contributed by atoms with Gasteiger partial charge in [-0.1, -0.05) is 0 Å². The number of esters is 1. The van der Waals surface area contributed by atoms with Crippen molar-refractivity contribution in [3.63, 3.8) is 0 Å². The Kier molecular flexibility index (Phi) is 6.12. The summed E-state index contributed by atoms with van der Waals surface area (Å²) in [4.78, 5) is 26.1. The van der Waals surface area contributed by atoms with Gasteiger partial charge in [-0.15, -0.1) is 0 Å². The molecule has 0 saturated carbocycles. The van der Waals surface area contributed by atoms with Crippen LogP contribution in [0.15, 0.2) is 36.5 Å². The number of morpholine rings is 1. The Morgan fingerprint density at radius 1 is 1.21 bits per heavy atom. The summed E-state index contributed by atoms with van der Waals surface area (Å²) in [6.07, 6.45) is -2.91. The monoisotopic (exact) mass is 411 g/mol. The number of aromatic nitrogens is 1. The van der Waals surface area contributed by atoms with E-state index < -0.39 is 30.2 Å². The quantitative estimate of drug-likeness (QED) is 0.766. The fourth-order valence-electron chi connectivity index (χ4n) is 2.96. The van der Waals surface area contributed by atoms with Gasteiger partial charge in [0.05, 0.1) is 30.2 Å². The highest BCUT2D eigenvalue weighted by atomic mass is 19.4. The first-order valence-corrected chi connectivity index (χ1v) is 8.88.